The van der Waals surface area contributed by atoms with Crippen LogP contribution in [0.25, 0.3) is 6.08 Å². The van der Waals surface area contributed by atoms with Crippen molar-refractivity contribution in [3.63, 3.8) is 0 Å². The van der Waals surface area contributed by atoms with Crippen molar-refractivity contribution in [2.24, 2.45) is 0 Å². The molecule has 2 aromatic rings. The Morgan fingerprint density at radius 3 is 2.47 bits per heavy atom. The van der Waals surface area contributed by atoms with Gasteiger partial charge in [-0.05, 0) is 29.8 Å². The van der Waals surface area contributed by atoms with Gasteiger partial charge < -0.3 is 4.42 Å². The lowest BCUT2D eigenvalue weighted by Gasteiger charge is -1.93. The van der Waals surface area contributed by atoms with Crippen LogP contribution in [0.3, 0.4) is 0 Å². The maximum Gasteiger partial charge on any atom is 0.433 e. The van der Waals surface area contributed by atoms with Crippen LogP contribution in [0.15, 0.2) is 46.9 Å². The van der Waals surface area contributed by atoms with Crippen LogP contribution in [0.1, 0.15) is 16.1 Å². The number of benzene rings is 1. The van der Waals surface area contributed by atoms with Gasteiger partial charge in [-0.25, -0.2) is 0 Å². The lowest BCUT2D eigenvalue weighted by Crippen LogP contribution is -1.91. The first kappa shape index (κ1) is 13.0. The van der Waals surface area contributed by atoms with Gasteiger partial charge in [0.05, 0.1) is 6.07 Å². The minimum atomic E-state index is -0.695. The summed E-state index contributed by atoms with van der Waals surface area (Å²) in [5, 5.41) is 11.0. The molecule has 0 atom stereocenters. The molecule has 0 unspecified atom stereocenters. The van der Waals surface area contributed by atoms with Crippen LogP contribution in [0, 0.1) is 10.1 Å². The summed E-state index contributed by atoms with van der Waals surface area (Å²) in [6.07, 6.45) is 2.86. The highest BCUT2D eigenvalue weighted by molar-refractivity contribution is 6.30. The molecule has 19 heavy (non-hydrogen) atoms. The van der Waals surface area contributed by atoms with Crippen molar-refractivity contribution in [2.75, 3.05) is 0 Å². The molecule has 0 amide bonds. The van der Waals surface area contributed by atoms with Gasteiger partial charge in [-0.1, -0.05) is 29.8 Å². The van der Waals surface area contributed by atoms with Crippen LogP contribution in [0.2, 0.25) is 5.02 Å². The number of halogens is 1. The normalized spacial score (nSPS) is 10.8. The first-order valence-electron chi connectivity index (χ1n) is 5.28. The van der Waals surface area contributed by atoms with Gasteiger partial charge >= 0.3 is 5.88 Å². The van der Waals surface area contributed by atoms with Gasteiger partial charge in [-0.2, -0.15) is 0 Å². The second kappa shape index (κ2) is 5.49. The standard InChI is InChI=1S/C13H8ClNO4/c14-10-4-1-9(2-5-10)3-6-11(16)12-7-8-13(19-12)15(17)18/h1-8H/b6-3+. The Balaban J connectivity index is 2.11. The number of hydrogen-bond acceptors (Lipinski definition) is 4. The Kier molecular flexibility index (Phi) is 3.77. The fraction of sp³-hybridized carbons (Fsp3) is 0. The number of rotatable bonds is 4. The first-order chi connectivity index (χ1) is 9.06. The summed E-state index contributed by atoms with van der Waals surface area (Å²) in [5.41, 5.74) is 0.791. The molecule has 0 aliphatic rings. The second-order valence-corrected chi connectivity index (χ2v) is 4.08. The molecule has 1 aromatic heterocycles. The van der Waals surface area contributed by atoms with E-state index in [0.29, 0.717) is 5.02 Å². The number of hydrogen-bond donors (Lipinski definition) is 0. The topological polar surface area (TPSA) is 73.3 Å². The van der Waals surface area contributed by atoms with Crippen molar-refractivity contribution < 1.29 is 14.1 Å². The molecular formula is C13H8ClNO4. The van der Waals surface area contributed by atoms with E-state index in [1.807, 2.05) is 0 Å². The zero-order chi connectivity index (χ0) is 13.8. The molecule has 6 heteroatoms. The van der Waals surface area contributed by atoms with E-state index in [2.05, 4.69) is 0 Å². The number of furan rings is 1. The smallest absolute Gasteiger partial charge is 0.397 e. The van der Waals surface area contributed by atoms with Crippen LogP contribution < -0.4 is 0 Å². The summed E-state index contributed by atoms with van der Waals surface area (Å²) in [4.78, 5) is 21.4. The van der Waals surface area contributed by atoms with Crippen LogP contribution in [-0.2, 0) is 0 Å². The van der Waals surface area contributed by atoms with Gasteiger partial charge in [-0.3, -0.25) is 14.9 Å². The van der Waals surface area contributed by atoms with Crippen molar-refractivity contribution in [1.29, 1.82) is 0 Å². The molecule has 1 aromatic carbocycles. The summed E-state index contributed by atoms with van der Waals surface area (Å²) in [6.45, 7) is 0. The predicted octanol–water partition coefficient (Wildman–Crippen LogP) is 3.74. The lowest BCUT2D eigenvalue weighted by atomic mass is 10.2. The zero-order valence-electron chi connectivity index (χ0n) is 9.58. The zero-order valence-corrected chi connectivity index (χ0v) is 10.3. The number of allylic oxidation sites excluding steroid dienone is 1. The number of nitro groups is 1. The fourth-order valence-corrected chi connectivity index (χ4v) is 1.51. The third-order valence-electron chi connectivity index (χ3n) is 2.31. The highest BCUT2D eigenvalue weighted by atomic mass is 35.5. The van der Waals surface area contributed by atoms with Gasteiger partial charge in [0.2, 0.25) is 5.78 Å². The van der Waals surface area contributed by atoms with Gasteiger partial charge in [0.25, 0.3) is 0 Å². The monoisotopic (exact) mass is 277 g/mol. The van der Waals surface area contributed by atoms with E-state index in [4.69, 9.17) is 16.0 Å². The average molecular weight is 278 g/mol. The molecule has 0 N–H and O–H groups in total. The molecule has 96 valence electrons. The maximum atomic E-state index is 11.7. The summed E-state index contributed by atoms with van der Waals surface area (Å²) in [5.74, 6) is -0.969. The van der Waals surface area contributed by atoms with Crippen molar-refractivity contribution in [1.82, 2.24) is 0 Å². The van der Waals surface area contributed by atoms with Crippen LogP contribution in [0.4, 0.5) is 5.88 Å². The molecule has 0 saturated heterocycles. The van der Waals surface area contributed by atoms with Crippen LogP contribution in [0.5, 0.6) is 0 Å². The Bertz CT molecular complexity index is 643. The van der Waals surface area contributed by atoms with Crippen molar-refractivity contribution >= 4 is 29.3 Å². The lowest BCUT2D eigenvalue weighted by molar-refractivity contribution is -0.402. The first-order valence-corrected chi connectivity index (χ1v) is 5.66. The quantitative estimate of drug-likeness (QED) is 0.369. The fourth-order valence-electron chi connectivity index (χ4n) is 1.39. The van der Waals surface area contributed by atoms with Gasteiger partial charge in [0.1, 0.15) is 4.92 Å². The molecule has 0 radical (unpaired) electrons. The maximum absolute atomic E-state index is 11.7. The summed E-state index contributed by atoms with van der Waals surface area (Å²) >= 11 is 5.73. The highest BCUT2D eigenvalue weighted by Crippen LogP contribution is 2.17. The molecule has 5 nitrogen and oxygen atoms in total. The Morgan fingerprint density at radius 1 is 1.21 bits per heavy atom. The number of carbonyl (C=O) groups is 1. The van der Waals surface area contributed by atoms with Crippen molar-refractivity contribution in [3.8, 4) is 0 Å². The predicted molar refractivity (Wildman–Crippen MR) is 70.2 cm³/mol. The van der Waals surface area contributed by atoms with E-state index in [1.54, 1.807) is 30.3 Å². The summed E-state index contributed by atoms with van der Waals surface area (Å²) < 4.78 is 4.79. The molecule has 0 fully saturated rings. The highest BCUT2D eigenvalue weighted by Gasteiger charge is 2.15. The van der Waals surface area contributed by atoms with E-state index in [-0.39, 0.29) is 5.76 Å². The number of ketones is 1. The Morgan fingerprint density at radius 2 is 1.89 bits per heavy atom. The van der Waals surface area contributed by atoms with E-state index < -0.39 is 16.6 Å². The van der Waals surface area contributed by atoms with Crippen molar-refractivity contribution in [2.45, 2.75) is 0 Å². The average Bonchev–Trinajstić information content (AvgIpc) is 2.87. The Hall–Kier alpha value is -2.40. The van der Waals surface area contributed by atoms with Gasteiger partial charge in [0, 0.05) is 5.02 Å². The molecule has 0 aliphatic carbocycles. The van der Waals surface area contributed by atoms with Crippen LogP contribution in [-0.4, -0.2) is 10.7 Å². The summed E-state index contributed by atoms with van der Waals surface area (Å²) in [7, 11) is 0. The molecule has 2 rings (SSSR count). The van der Waals surface area contributed by atoms with E-state index in [0.717, 1.165) is 11.6 Å². The molecule has 0 aliphatic heterocycles. The third-order valence-corrected chi connectivity index (χ3v) is 2.56. The molecule has 0 bridgehead atoms. The van der Waals surface area contributed by atoms with E-state index >= 15 is 0 Å². The number of carbonyl (C=O) groups excluding carboxylic acids is 1. The number of nitrogens with zero attached hydrogens (tertiary/aromatic N) is 1. The molecule has 0 spiro atoms. The third kappa shape index (κ3) is 3.29. The molecule has 1 heterocycles. The summed E-state index contributed by atoms with van der Waals surface area (Å²) in [6, 6.07) is 9.30. The SMILES string of the molecule is O=C(/C=C/c1ccc(Cl)cc1)c1ccc([N+](=O)[O-])o1. The largest absolute Gasteiger partial charge is 0.433 e. The molecule has 0 saturated carbocycles. The van der Waals surface area contributed by atoms with Gasteiger partial charge in [0.15, 0.2) is 5.76 Å². The minimum absolute atomic E-state index is 0.0723. The van der Waals surface area contributed by atoms with Crippen molar-refractivity contribution in [3.05, 3.63) is 68.9 Å². The second-order valence-electron chi connectivity index (χ2n) is 3.64. The van der Waals surface area contributed by atoms with E-state index in [9.17, 15) is 14.9 Å². The Labute approximate surface area is 113 Å². The van der Waals surface area contributed by atoms with Gasteiger partial charge in [-0.15, -0.1) is 0 Å². The molecular weight excluding hydrogens is 270 g/mol. The van der Waals surface area contributed by atoms with Crippen LogP contribution >= 0.6 is 11.6 Å². The minimum Gasteiger partial charge on any atom is -0.397 e. The van der Waals surface area contributed by atoms with E-state index in [1.165, 1.54) is 12.1 Å².